The standard InChI is InChI=1S/C22H30N2O3.HI/c1-16(2)22-23(3)11-12-24(22)13-14-27-20(25)15-18-9-6-10-19(21(18)26)17-7-4-5-8-17;/h6,9-12,16-17H,4-5,7-8,13-15H2,1-3H3;1H. The zero-order valence-corrected chi connectivity index (χ0v) is 19.2. The highest BCUT2D eigenvalue weighted by atomic mass is 127. The number of ether oxygens (including phenoxy) is 1. The molecule has 3 rings (SSSR count). The van der Waals surface area contributed by atoms with E-state index in [0.29, 0.717) is 30.6 Å². The number of carbonyl (C=O) groups excluding carboxylic acids is 1. The minimum Gasteiger partial charge on any atom is -1.00 e. The Hall–Kier alpha value is -1.57. The number of para-hydroxylation sites is 1. The first kappa shape index (κ1) is 22.7. The van der Waals surface area contributed by atoms with Gasteiger partial charge in [0.15, 0.2) is 0 Å². The molecule has 2 aromatic rings. The molecule has 0 unspecified atom stereocenters. The van der Waals surface area contributed by atoms with E-state index in [9.17, 15) is 9.90 Å². The summed E-state index contributed by atoms with van der Waals surface area (Å²) in [7, 11) is 2.03. The van der Waals surface area contributed by atoms with Crippen LogP contribution < -0.4 is 28.5 Å². The molecule has 0 radical (unpaired) electrons. The topological polar surface area (TPSA) is 55.3 Å². The zero-order valence-electron chi connectivity index (χ0n) is 17.0. The van der Waals surface area contributed by atoms with E-state index in [1.54, 1.807) is 0 Å². The van der Waals surface area contributed by atoms with Crippen molar-refractivity contribution in [2.24, 2.45) is 7.05 Å². The first-order valence-electron chi connectivity index (χ1n) is 9.98. The third kappa shape index (κ3) is 5.27. The van der Waals surface area contributed by atoms with Crippen molar-refractivity contribution in [3.8, 4) is 5.75 Å². The van der Waals surface area contributed by atoms with Gasteiger partial charge in [0.05, 0.1) is 19.4 Å². The lowest BCUT2D eigenvalue weighted by Crippen LogP contribution is -3.00. The summed E-state index contributed by atoms with van der Waals surface area (Å²) in [5.41, 5.74) is 1.65. The van der Waals surface area contributed by atoms with Crippen LogP contribution in [0.25, 0.3) is 0 Å². The molecule has 1 aliphatic rings. The number of phenols is 1. The highest BCUT2D eigenvalue weighted by Gasteiger charge is 2.22. The number of rotatable bonds is 7. The molecule has 1 saturated carbocycles. The minimum atomic E-state index is -0.295. The molecule has 1 fully saturated rings. The number of phenolic OH excluding ortho intramolecular Hbond substituents is 1. The molecule has 0 spiro atoms. The van der Waals surface area contributed by atoms with Gasteiger partial charge in [0.25, 0.3) is 5.82 Å². The maximum atomic E-state index is 12.3. The molecule has 1 aromatic carbocycles. The molecular formula is C22H31IN2O3. The van der Waals surface area contributed by atoms with Gasteiger partial charge in [-0.1, -0.05) is 44.9 Å². The number of benzene rings is 1. The smallest absolute Gasteiger partial charge is 0.310 e. The summed E-state index contributed by atoms with van der Waals surface area (Å²) in [4.78, 5) is 12.3. The molecule has 0 amide bonds. The van der Waals surface area contributed by atoms with Crippen LogP contribution in [0.4, 0.5) is 0 Å². The van der Waals surface area contributed by atoms with Crippen molar-refractivity contribution in [3.05, 3.63) is 47.5 Å². The Kier molecular flexibility index (Phi) is 8.34. The van der Waals surface area contributed by atoms with Gasteiger partial charge >= 0.3 is 5.97 Å². The van der Waals surface area contributed by atoms with Crippen LogP contribution in [0.15, 0.2) is 30.6 Å². The summed E-state index contributed by atoms with van der Waals surface area (Å²) < 4.78 is 9.65. The van der Waals surface area contributed by atoms with Gasteiger partial charge in [-0.15, -0.1) is 0 Å². The number of carbonyl (C=O) groups is 1. The number of imidazole rings is 1. The third-order valence-corrected chi connectivity index (χ3v) is 5.52. The predicted octanol–water partition coefficient (Wildman–Crippen LogP) is 0.589. The molecule has 5 nitrogen and oxygen atoms in total. The molecule has 6 heteroatoms. The molecule has 0 bridgehead atoms. The number of aryl methyl sites for hydroxylation is 1. The molecule has 0 saturated heterocycles. The van der Waals surface area contributed by atoms with Crippen molar-refractivity contribution in [2.45, 2.75) is 64.3 Å². The Morgan fingerprint density at radius 2 is 2.04 bits per heavy atom. The van der Waals surface area contributed by atoms with Crippen molar-refractivity contribution >= 4 is 5.97 Å². The van der Waals surface area contributed by atoms with Crippen molar-refractivity contribution in [1.29, 1.82) is 0 Å². The van der Waals surface area contributed by atoms with Gasteiger partial charge in [0.2, 0.25) is 0 Å². The summed E-state index contributed by atoms with van der Waals surface area (Å²) in [6.45, 7) is 5.26. The Balaban J connectivity index is 0.00000280. The highest BCUT2D eigenvalue weighted by molar-refractivity contribution is 5.73. The van der Waals surface area contributed by atoms with E-state index >= 15 is 0 Å². The molecular weight excluding hydrogens is 467 g/mol. The van der Waals surface area contributed by atoms with Crippen LogP contribution in [0.1, 0.15) is 68.3 Å². The Morgan fingerprint density at radius 1 is 1.32 bits per heavy atom. The molecule has 0 aliphatic heterocycles. The van der Waals surface area contributed by atoms with Crippen molar-refractivity contribution < 1.29 is 43.2 Å². The highest BCUT2D eigenvalue weighted by Crippen LogP contribution is 2.39. The maximum Gasteiger partial charge on any atom is 0.310 e. The fourth-order valence-corrected chi connectivity index (χ4v) is 4.25. The molecule has 154 valence electrons. The molecule has 1 aliphatic carbocycles. The largest absolute Gasteiger partial charge is 1.00 e. The summed E-state index contributed by atoms with van der Waals surface area (Å²) in [5, 5.41) is 10.6. The van der Waals surface area contributed by atoms with E-state index in [0.717, 1.165) is 18.4 Å². The lowest BCUT2D eigenvalue weighted by atomic mass is 9.94. The van der Waals surface area contributed by atoms with Crippen molar-refractivity contribution in [3.63, 3.8) is 0 Å². The number of esters is 1. The van der Waals surface area contributed by atoms with Crippen LogP contribution in [0.5, 0.6) is 5.75 Å². The van der Waals surface area contributed by atoms with Crippen molar-refractivity contribution in [1.82, 2.24) is 4.57 Å². The van der Waals surface area contributed by atoms with Gasteiger partial charge in [-0.2, -0.15) is 0 Å². The van der Waals surface area contributed by atoms with E-state index in [2.05, 4.69) is 23.0 Å². The quantitative estimate of drug-likeness (QED) is 0.346. The van der Waals surface area contributed by atoms with Crippen LogP contribution in [0.3, 0.4) is 0 Å². The van der Waals surface area contributed by atoms with E-state index in [1.807, 2.05) is 37.6 Å². The number of hydrogen-bond acceptors (Lipinski definition) is 3. The number of nitrogens with zero attached hydrogens (tertiary/aromatic N) is 2. The van der Waals surface area contributed by atoms with E-state index in [-0.39, 0.29) is 42.1 Å². The fourth-order valence-electron chi connectivity index (χ4n) is 4.25. The van der Waals surface area contributed by atoms with Gasteiger partial charge in [0, 0.05) is 5.56 Å². The monoisotopic (exact) mass is 498 g/mol. The summed E-state index contributed by atoms with van der Waals surface area (Å²) >= 11 is 0. The van der Waals surface area contributed by atoms with Gasteiger partial charge in [-0.3, -0.25) is 4.79 Å². The fraction of sp³-hybridized carbons (Fsp3) is 0.545. The average molecular weight is 498 g/mol. The van der Waals surface area contributed by atoms with Gasteiger partial charge in [-0.25, -0.2) is 9.13 Å². The lowest BCUT2D eigenvalue weighted by molar-refractivity contribution is -0.680. The number of aromatic nitrogens is 2. The van der Waals surface area contributed by atoms with E-state index in [1.165, 1.54) is 18.7 Å². The van der Waals surface area contributed by atoms with Gasteiger partial charge in [-0.05, 0) is 24.3 Å². The summed E-state index contributed by atoms with van der Waals surface area (Å²) in [6, 6.07) is 5.74. The van der Waals surface area contributed by atoms with Gasteiger partial charge < -0.3 is 33.8 Å². The minimum absolute atomic E-state index is 0. The zero-order chi connectivity index (χ0) is 19.4. The SMILES string of the molecule is CC(C)c1n(CCOC(=O)Cc2cccc(C3CCCC3)c2O)cc[n+]1C.[I-]. The first-order chi connectivity index (χ1) is 13.0. The molecule has 1 aromatic heterocycles. The Labute approximate surface area is 184 Å². The van der Waals surface area contributed by atoms with Crippen molar-refractivity contribution in [2.75, 3.05) is 6.61 Å². The predicted molar refractivity (Wildman–Crippen MR) is 104 cm³/mol. The Bertz CT molecular complexity index is 795. The number of aromatic hydroxyl groups is 1. The van der Waals surface area contributed by atoms with Crippen LogP contribution in [-0.4, -0.2) is 22.2 Å². The lowest BCUT2D eigenvalue weighted by Gasteiger charge is -2.14. The first-order valence-corrected chi connectivity index (χ1v) is 9.98. The van der Waals surface area contributed by atoms with Crippen LogP contribution >= 0.6 is 0 Å². The molecule has 0 atom stereocenters. The molecule has 1 N–H and O–H groups in total. The third-order valence-electron chi connectivity index (χ3n) is 5.52. The maximum absolute atomic E-state index is 12.3. The van der Waals surface area contributed by atoms with Crippen LogP contribution in [0.2, 0.25) is 0 Å². The second kappa shape index (κ2) is 10.3. The van der Waals surface area contributed by atoms with E-state index < -0.39 is 0 Å². The number of halogens is 1. The van der Waals surface area contributed by atoms with E-state index in [4.69, 9.17) is 4.74 Å². The van der Waals surface area contributed by atoms with Gasteiger partial charge in [0.1, 0.15) is 31.3 Å². The second-order valence-electron chi connectivity index (χ2n) is 7.85. The normalized spacial score (nSPS) is 14.3. The molecule has 1 heterocycles. The van der Waals surface area contributed by atoms with Crippen LogP contribution in [0, 0.1) is 0 Å². The Morgan fingerprint density at radius 3 is 2.71 bits per heavy atom. The summed E-state index contributed by atoms with van der Waals surface area (Å²) in [6.07, 6.45) is 8.81. The second-order valence-corrected chi connectivity index (χ2v) is 7.85. The number of hydrogen-bond donors (Lipinski definition) is 1. The summed E-state index contributed by atoms with van der Waals surface area (Å²) in [5.74, 6) is 2.01. The van der Waals surface area contributed by atoms with Crippen LogP contribution in [-0.2, 0) is 29.5 Å². The average Bonchev–Trinajstić information content (AvgIpc) is 3.27. The molecule has 28 heavy (non-hydrogen) atoms.